The first-order valence-corrected chi connectivity index (χ1v) is 11.5. The Morgan fingerprint density at radius 1 is 0.794 bits per heavy atom. The van der Waals surface area contributed by atoms with Gasteiger partial charge in [-0.3, -0.25) is 4.68 Å². The number of pyridine rings is 1. The first kappa shape index (κ1) is 20.5. The molecule has 0 aliphatic carbocycles. The number of hydrogen-bond donors (Lipinski definition) is 0. The molecule has 1 aliphatic rings. The molecule has 0 bridgehead atoms. The van der Waals surface area contributed by atoms with Crippen LogP contribution >= 0.6 is 0 Å². The van der Waals surface area contributed by atoms with Gasteiger partial charge in [0, 0.05) is 70.2 Å². The highest BCUT2D eigenvalue weighted by Gasteiger charge is 2.23. The zero-order chi connectivity index (χ0) is 23.1. The van der Waals surface area contributed by atoms with Crippen molar-refractivity contribution in [1.82, 2.24) is 34.2 Å². The van der Waals surface area contributed by atoms with Crippen LogP contribution in [0, 0.1) is 0 Å². The van der Waals surface area contributed by atoms with Gasteiger partial charge in [-0.1, -0.05) is 36.4 Å². The monoisotopic (exact) mass is 453 g/mol. The number of aromatic nitrogens is 7. The van der Waals surface area contributed by atoms with E-state index in [2.05, 4.69) is 67.7 Å². The standard InChI is InChI=1S/C25H27N9/c1-30-17-21(15-26-30)20-8-9-22-23(16-27-34(22)18-20)32-10-12-33(13-11-32)25-28-24(29-31(25)2)14-19-6-4-3-5-7-19/h3-9,15-18H,10-14H2,1-2H3. The topological polar surface area (TPSA) is 72.3 Å². The van der Waals surface area contributed by atoms with Gasteiger partial charge in [0.15, 0.2) is 5.82 Å². The third kappa shape index (κ3) is 3.79. The van der Waals surface area contributed by atoms with Gasteiger partial charge in [0.1, 0.15) is 0 Å². The zero-order valence-electron chi connectivity index (χ0n) is 19.4. The minimum absolute atomic E-state index is 0.748. The fourth-order valence-corrected chi connectivity index (χ4v) is 4.66. The summed E-state index contributed by atoms with van der Waals surface area (Å²) < 4.78 is 5.68. The van der Waals surface area contributed by atoms with Crippen molar-refractivity contribution in [3.63, 3.8) is 0 Å². The molecule has 1 fully saturated rings. The van der Waals surface area contributed by atoms with E-state index in [1.54, 1.807) is 0 Å². The molecule has 172 valence electrons. The average molecular weight is 454 g/mol. The van der Waals surface area contributed by atoms with E-state index in [4.69, 9.17) is 4.98 Å². The van der Waals surface area contributed by atoms with Crippen molar-refractivity contribution in [2.75, 3.05) is 36.0 Å². The van der Waals surface area contributed by atoms with Crippen LogP contribution in [-0.4, -0.2) is 60.3 Å². The first-order chi connectivity index (χ1) is 16.6. The molecule has 0 radical (unpaired) electrons. The normalized spacial score (nSPS) is 14.3. The molecule has 1 aliphatic heterocycles. The quantitative estimate of drug-likeness (QED) is 0.408. The largest absolute Gasteiger partial charge is 0.365 e. The second kappa shape index (κ2) is 8.33. The van der Waals surface area contributed by atoms with Gasteiger partial charge in [-0.15, -0.1) is 0 Å². The molecule has 5 aromatic rings. The molecule has 0 spiro atoms. The van der Waals surface area contributed by atoms with Crippen molar-refractivity contribution in [1.29, 1.82) is 0 Å². The fraction of sp³-hybridized carbons (Fsp3) is 0.280. The zero-order valence-corrected chi connectivity index (χ0v) is 19.4. The summed E-state index contributed by atoms with van der Waals surface area (Å²) in [4.78, 5) is 9.57. The Morgan fingerprint density at radius 2 is 1.59 bits per heavy atom. The minimum Gasteiger partial charge on any atom is -0.365 e. The highest BCUT2D eigenvalue weighted by atomic mass is 15.4. The molecular formula is C25H27N9. The van der Waals surface area contributed by atoms with Crippen LogP contribution in [0.15, 0.2) is 67.3 Å². The van der Waals surface area contributed by atoms with E-state index in [1.807, 2.05) is 52.6 Å². The summed E-state index contributed by atoms with van der Waals surface area (Å²) in [6.07, 6.45) is 8.68. The summed E-state index contributed by atoms with van der Waals surface area (Å²) >= 11 is 0. The molecule has 5 heterocycles. The van der Waals surface area contributed by atoms with Gasteiger partial charge in [0.05, 0.1) is 23.6 Å². The highest BCUT2D eigenvalue weighted by Crippen LogP contribution is 2.27. The Labute approximate surface area is 197 Å². The number of hydrogen-bond acceptors (Lipinski definition) is 6. The first-order valence-electron chi connectivity index (χ1n) is 11.5. The van der Waals surface area contributed by atoms with Crippen molar-refractivity contribution in [3.8, 4) is 11.1 Å². The molecule has 4 aromatic heterocycles. The SMILES string of the molecule is Cn1cc(-c2ccc3c(N4CCN(c5nc(Cc6ccccc6)nn5C)CC4)cnn3c2)cn1. The average Bonchev–Trinajstić information content (AvgIpc) is 3.58. The molecule has 0 N–H and O–H groups in total. The van der Waals surface area contributed by atoms with Crippen LogP contribution in [0.1, 0.15) is 11.4 Å². The third-order valence-corrected chi connectivity index (χ3v) is 6.43. The predicted molar refractivity (Wildman–Crippen MR) is 132 cm³/mol. The van der Waals surface area contributed by atoms with Gasteiger partial charge in [0.2, 0.25) is 5.95 Å². The molecule has 1 saturated heterocycles. The van der Waals surface area contributed by atoms with E-state index < -0.39 is 0 Å². The van der Waals surface area contributed by atoms with Gasteiger partial charge in [-0.2, -0.15) is 20.3 Å². The predicted octanol–water partition coefficient (Wildman–Crippen LogP) is 2.78. The maximum Gasteiger partial charge on any atom is 0.223 e. The van der Waals surface area contributed by atoms with Crippen molar-refractivity contribution in [3.05, 3.63) is 78.6 Å². The number of benzene rings is 1. The van der Waals surface area contributed by atoms with E-state index in [9.17, 15) is 0 Å². The molecule has 0 saturated carbocycles. The van der Waals surface area contributed by atoms with Gasteiger partial charge in [0.25, 0.3) is 0 Å². The Balaban J connectivity index is 1.16. The Hall–Kier alpha value is -4.14. The molecule has 9 heteroatoms. The van der Waals surface area contributed by atoms with Gasteiger partial charge in [-0.05, 0) is 11.6 Å². The molecule has 6 rings (SSSR count). The molecule has 34 heavy (non-hydrogen) atoms. The lowest BCUT2D eigenvalue weighted by Crippen LogP contribution is -2.47. The van der Waals surface area contributed by atoms with Crippen molar-refractivity contribution in [2.24, 2.45) is 14.1 Å². The van der Waals surface area contributed by atoms with Crippen molar-refractivity contribution >= 4 is 17.2 Å². The van der Waals surface area contributed by atoms with Crippen LogP contribution in [0.25, 0.3) is 16.6 Å². The van der Waals surface area contributed by atoms with Crippen molar-refractivity contribution in [2.45, 2.75) is 6.42 Å². The molecule has 0 unspecified atom stereocenters. The maximum atomic E-state index is 4.84. The number of rotatable bonds is 5. The Kier molecular flexibility index (Phi) is 5.01. The second-order valence-corrected chi connectivity index (χ2v) is 8.77. The van der Waals surface area contributed by atoms with E-state index in [1.165, 1.54) is 11.3 Å². The summed E-state index contributed by atoms with van der Waals surface area (Å²) in [6, 6.07) is 14.7. The van der Waals surface area contributed by atoms with Crippen LogP contribution in [0.5, 0.6) is 0 Å². The number of anilines is 2. The van der Waals surface area contributed by atoms with Crippen LogP contribution in [0.3, 0.4) is 0 Å². The fourth-order valence-electron chi connectivity index (χ4n) is 4.66. The summed E-state index contributed by atoms with van der Waals surface area (Å²) in [5.41, 5.74) is 5.70. The minimum atomic E-state index is 0.748. The summed E-state index contributed by atoms with van der Waals surface area (Å²) in [5.74, 6) is 1.80. The lowest BCUT2D eigenvalue weighted by atomic mass is 10.1. The number of fused-ring (bicyclic) bond motifs is 1. The highest BCUT2D eigenvalue weighted by molar-refractivity contribution is 5.75. The lowest BCUT2D eigenvalue weighted by Gasteiger charge is -2.35. The lowest BCUT2D eigenvalue weighted by molar-refractivity contribution is 0.619. The van der Waals surface area contributed by atoms with Crippen LogP contribution in [0.2, 0.25) is 0 Å². The summed E-state index contributed by atoms with van der Waals surface area (Å²) in [7, 11) is 3.91. The number of nitrogens with zero attached hydrogens (tertiary/aromatic N) is 9. The van der Waals surface area contributed by atoms with Crippen LogP contribution in [-0.2, 0) is 20.5 Å². The van der Waals surface area contributed by atoms with Crippen LogP contribution < -0.4 is 9.80 Å². The third-order valence-electron chi connectivity index (χ3n) is 6.43. The van der Waals surface area contributed by atoms with Gasteiger partial charge < -0.3 is 9.80 Å². The molecule has 0 atom stereocenters. The second-order valence-electron chi connectivity index (χ2n) is 8.77. The molecular weight excluding hydrogens is 426 g/mol. The summed E-state index contributed by atoms with van der Waals surface area (Å²) in [6.45, 7) is 3.60. The Morgan fingerprint density at radius 3 is 2.35 bits per heavy atom. The van der Waals surface area contributed by atoms with Gasteiger partial charge >= 0.3 is 0 Å². The molecule has 1 aromatic carbocycles. The van der Waals surface area contributed by atoms with E-state index >= 15 is 0 Å². The van der Waals surface area contributed by atoms with Crippen LogP contribution in [0.4, 0.5) is 11.6 Å². The van der Waals surface area contributed by atoms with E-state index in [0.29, 0.717) is 0 Å². The smallest absolute Gasteiger partial charge is 0.223 e. The molecule has 9 nitrogen and oxygen atoms in total. The van der Waals surface area contributed by atoms with E-state index in [-0.39, 0.29) is 0 Å². The van der Waals surface area contributed by atoms with E-state index in [0.717, 1.165) is 61.0 Å². The number of piperazine rings is 1. The molecule has 0 amide bonds. The summed E-state index contributed by atoms with van der Waals surface area (Å²) in [5, 5.41) is 13.6. The maximum absolute atomic E-state index is 4.84. The van der Waals surface area contributed by atoms with Gasteiger partial charge in [-0.25, -0.2) is 9.20 Å². The van der Waals surface area contributed by atoms with Crippen molar-refractivity contribution < 1.29 is 0 Å². The number of aryl methyl sites for hydroxylation is 2. The Bertz CT molecular complexity index is 1420.